The molecular weight excluding hydrogens is 320 g/mol. The van der Waals surface area contributed by atoms with Gasteiger partial charge in [0.2, 0.25) is 10.0 Å². The van der Waals surface area contributed by atoms with Crippen molar-refractivity contribution >= 4 is 21.8 Å². The number of nitrogens with one attached hydrogen (secondary N) is 1. The highest BCUT2D eigenvalue weighted by Crippen LogP contribution is 2.12. The van der Waals surface area contributed by atoms with Crippen molar-refractivity contribution in [3.05, 3.63) is 35.9 Å². The highest BCUT2D eigenvalue weighted by atomic mass is 32.2. The van der Waals surface area contributed by atoms with Gasteiger partial charge in [-0.25, -0.2) is 8.42 Å². The van der Waals surface area contributed by atoms with E-state index in [0.29, 0.717) is 5.69 Å². The van der Waals surface area contributed by atoms with Gasteiger partial charge in [-0.1, -0.05) is 63.8 Å². The zero-order valence-corrected chi connectivity index (χ0v) is 16.1. The van der Waals surface area contributed by atoms with E-state index in [1.165, 1.54) is 32.1 Å². The molecule has 0 heterocycles. The fraction of sp³-hybridized carbons (Fsp3) is 0.579. The Morgan fingerprint density at radius 2 is 1.71 bits per heavy atom. The van der Waals surface area contributed by atoms with Crippen molar-refractivity contribution < 1.29 is 8.42 Å². The monoisotopic (exact) mass is 352 g/mol. The Hall–Kier alpha value is -1.33. The van der Waals surface area contributed by atoms with Crippen molar-refractivity contribution in [3.8, 4) is 0 Å². The van der Waals surface area contributed by atoms with E-state index in [0.717, 1.165) is 31.5 Å². The maximum absolute atomic E-state index is 11.2. The quantitative estimate of drug-likeness (QED) is 0.569. The molecule has 136 valence electrons. The summed E-state index contributed by atoms with van der Waals surface area (Å²) < 4.78 is 24.8. The SMILES string of the molecule is CCCCCCCN(CC)C/C=C/c1ccc(NS(C)(=O)=O)cc1. The molecule has 1 aromatic carbocycles. The molecule has 1 N–H and O–H groups in total. The van der Waals surface area contributed by atoms with Gasteiger partial charge in [-0.15, -0.1) is 0 Å². The molecule has 0 saturated heterocycles. The van der Waals surface area contributed by atoms with E-state index in [4.69, 9.17) is 0 Å². The molecule has 0 amide bonds. The number of hydrogen-bond acceptors (Lipinski definition) is 3. The summed E-state index contributed by atoms with van der Waals surface area (Å²) in [5.74, 6) is 0. The molecule has 0 unspecified atom stereocenters. The van der Waals surface area contributed by atoms with Crippen LogP contribution in [0.2, 0.25) is 0 Å². The average molecular weight is 353 g/mol. The van der Waals surface area contributed by atoms with E-state index in [1.54, 1.807) is 12.1 Å². The Labute approximate surface area is 148 Å². The van der Waals surface area contributed by atoms with Crippen LogP contribution in [0.1, 0.15) is 51.5 Å². The lowest BCUT2D eigenvalue weighted by Gasteiger charge is -2.18. The Morgan fingerprint density at radius 1 is 1.04 bits per heavy atom. The van der Waals surface area contributed by atoms with Gasteiger partial charge in [0.15, 0.2) is 0 Å². The lowest BCUT2D eigenvalue weighted by atomic mass is 10.1. The molecule has 24 heavy (non-hydrogen) atoms. The van der Waals surface area contributed by atoms with Crippen LogP contribution in [-0.4, -0.2) is 39.2 Å². The second kappa shape index (κ2) is 11.3. The number of anilines is 1. The molecule has 0 aromatic heterocycles. The van der Waals surface area contributed by atoms with E-state index >= 15 is 0 Å². The predicted molar refractivity (Wildman–Crippen MR) is 105 cm³/mol. The molecule has 0 aliphatic heterocycles. The summed E-state index contributed by atoms with van der Waals surface area (Å²) in [5.41, 5.74) is 1.67. The molecule has 5 heteroatoms. The summed E-state index contributed by atoms with van der Waals surface area (Å²) in [6.45, 7) is 7.61. The first-order chi connectivity index (χ1) is 11.4. The van der Waals surface area contributed by atoms with Gasteiger partial charge in [0.1, 0.15) is 0 Å². The molecule has 0 spiro atoms. The summed E-state index contributed by atoms with van der Waals surface area (Å²) in [5, 5.41) is 0. The van der Waals surface area contributed by atoms with Gasteiger partial charge >= 0.3 is 0 Å². The van der Waals surface area contributed by atoms with Gasteiger partial charge in [-0.2, -0.15) is 0 Å². The third-order valence-electron chi connectivity index (χ3n) is 3.91. The zero-order valence-electron chi connectivity index (χ0n) is 15.3. The molecular formula is C19H32N2O2S. The van der Waals surface area contributed by atoms with Crippen LogP contribution in [0.5, 0.6) is 0 Å². The predicted octanol–water partition coefficient (Wildman–Crippen LogP) is 4.36. The summed E-state index contributed by atoms with van der Waals surface area (Å²) in [4.78, 5) is 2.45. The van der Waals surface area contributed by atoms with E-state index in [9.17, 15) is 8.42 Å². The number of rotatable bonds is 12. The molecule has 0 aliphatic rings. The highest BCUT2D eigenvalue weighted by Gasteiger charge is 2.01. The van der Waals surface area contributed by atoms with Gasteiger partial charge in [0, 0.05) is 12.2 Å². The third kappa shape index (κ3) is 9.73. The van der Waals surface area contributed by atoms with Gasteiger partial charge < -0.3 is 0 Å². The number of nitrogens with zero attached hydrogens (tertiary/aromatic N) is 1. The van der Waals surface area contributed by atoms with Crippen LogP contribution in [0, 0.1) is 0 Å². The standard InChI is InChI=1S/C19H32N2O2S/c1-4-6-7-8-9-16-21(5-2)17-10-11-18-12-14-19(15-13-18)20-24(3,22)23/h10-15,20H,4-9,16-17H2,1-3H3/b11-10+. The number of hydrogen-bond donors (Lipinski definition) is 1. The van der Waals surface area contributed by atoms with Crippen molar-refractivity contribution in [3.63, 3.8) is 0 Å². The molecule has 4 nitrogen and oxygen atoms in total. The average Bonchev–Trinajstić information content (AvgIpc) is 2.53. The van der Waals surface area contributed by atoms with Crippen molar-refractivity contribution in [1.82, 2.24) is 4.90 Å². The number of sulfonamides is 1. The smallest absolute Gasteiger partial charge is 0.229 e. The zero-order chi connectivity index (χ0) is 17.8. The third-order valence-corrected chi connectivity index (χ3v) is 4.52. The van der Waals surface area contributed by atoms with Crippen molar-refractivity contribution in [1.29, 1.82) is 0 Å². The summed E-state index contributed by atoms with van der Waals surface area (Å²) >= 11 is 0. The molecule has 1 rings (SSSR count). The minimum absolute atomic E-state index is 0.594. The van der Waals surface area contributed by atoms with Crippen LogP contribution < -0.4 is 4.72 Å². The first-order valence-corrected chi connectivity index (χ1v) is 10.8. The molecule has 0 atom stereocenters. The molecule has 0 fully saturated rings. The van der Waals surface area contributed by atoms with Crippen LogP contribution >= 0.6 is 0 Å². The van der Waals surface area contributed by atoms with Gasteiger partial charge in [0.25, 0.3) is 0 Å². The second-order valence-electron chi connectivity index (χ2n) is 6.21. The van der Waals surface area contributed by atoms with E-state index in [-0.39, 0.29) is 0 Å². The Kier molecular flexibility index (Phi) is 9.72. The maximum Gasteiger partial charge on any atom is 0.229 e. The van der Waals surface area contributed by atoms with Crippen molar-refractivity contribution in [2.45, 2.75) is 46.0 Å². The van der Waals surface area contributed by atoms with E-state index < -0.39 is 10.0 Å². The fourth-order valence-corrected chi connectivity index (χ4v) is 3.10. The first kappa shape index (κ1) is 20.7. The molecule has 0 aliphatic carbocycles. The van der Waals surface area contributed by atoms with Crippen LogP contribution in [0.25, 0.3) is 6.08 Å². The Balaban J connectivity index is 2.38. The van der Waals surface area contributed by atoms with Crippen LogP contribution in [0.4, 0.5) is 5.69 Å². The summed E-state index contributed by atoms with van der Waals surface area (Å²) in [7, 11) is -3.21. The van der Waals surface area contributed by atoms with E-state index in [1.807, 2.05) is 12.1 Å². The summed E-state index contributed by atoms with van der Waals surface area (Å²) in [6, 6.07) is 7.41. The van der Waals surface area contributed by atoms with Crippen LogP contribution in [0.15, 0.2) is 30.3 Å². The number of benzene rings is 1. The van der Waals surface area contributed by atoms with Crippen molar-refractivity contribution in [2.24, 2.45) is 0 Å². The first-order valence-electron chi connectivity index (χ1n) is 8.91. The second-order valence-corrected chi connectivity index (χ2v) is 7.95. The van der Waals surface area contributed by atoms with Gasteiger partial charge in [0.05, 0.1) is 6.26 Å². The Morgan fingerprint density at radius 3 is 2.29 bits per heavy atom. The fourth-order valence-electron chi connectivity index (χ4n) is 2.53. The van der Waals surface area contributed by atoms with E-state index in [2.05, 4.69) is 35.6 Å². The van der Waals surface area contributed by atoms with Crippen LogP contribution in [-0.2, 0) is 10.0 Å². The highest BCUT2D eigenvalue weighted by molar-refractivity contribution is 7.92. The maximum atomic E-state index is 11.2. The summed E-state index contributed by atoms with van der Waals surface area (Å²) in [6.07, 6.45) is 12.0. The van der Waals surface area contributed by atoms with Crippen molar-refractivity contribution in [2.75, 3.05) is 30.6 Å². The van der Waals surface area contributed by atoms with Gasteiger partial charge in [-0.05, 0) is 37.2 Å². The minimum Gasteiger partial charge on any atom is -0.300 e. The molecule has 1 aromatic rings. The molecule has 0 bridgehead atoms. The minimum atomic E-state index is -3.21. The lowest BCUT2D eigenvalue weighted by Crippen LogP contribution is -2.24. The largest absolute Gasteiger partial charge is 0.300 e. The number of likely N-dealkylation sites (N-methyl/N-ethyl adjacent to an activating group) is 1. The van der Waals surface area contributed by atoms with Gasteiger partial charge in [-0.3, -0.25) is 9.62 Å². The molecule has 0 saturated carbocycles. The lowest BCUT2D eigenvalue weighted by molar-refractivity contribution is 0.310. The Bertz CT molecular complexity index is 580. The molecule has 0 radical (unpaired) electrons. The van der Waals surface area contributed by atoms with Crippen LogP contribution in [0.3, 0.4) is 0 Å². The normalized spacial score (nSPS) is 12.2. The number of unbranched alkanes of at least 4 members (excludes halogenated alkanes) is 4. The topological polar surface area (TPSA) is 49.4 Å².